The molecule has 0 radical (unpaired) electrons. The normalized spacial score (nSPS) is 17.4. The van der Waals surface area contributed by atoms with Gasteiger partial charge in [0, 0.05) is 42.5 Å². The molecule has 6 heteroatoms. The molecule has 134 valence electrons. The van der Waals surface area contributed by atoms with Crippen LogP contribution in [0, 0.1) is 0 Å². The van der Waals surface area contributed by atoms with Gasteiger partial charge in [0.2, 0.25) is 0 Å². The van der Waals surface area contributed by atoms with Crippen LogP contribution in [0.2, 0.25) is 0 Å². The summed E-state index contributed by atoms with van der Waals surface area (Å²) in [5.41, 5.74) is 1.99. The molecule has 4 aromatic rings. The lowest BCUT2D eigenvalue weighted by Gasteiger charge is -2.02. The first kappa shape index (κ1) is 16.0. The van der Waals surface area contributed by atoms with Crippen LogP contribution in [0.15, 0.2) is 80.7 Å². The van der Waals surface area contributed by atoms with Gasteiger partial charge in [0.25, 0.3) is 0 Å². The number of hydrogen-bond acceptors (Lipinski definition) is 6. The Morgan fingerprint density at radius 3 is 1.50 bits per heavy atom. The lowest BCUT2D eigenvalue weighted by Crippen LogP contribution is -1.93. The van der Waals surface area contributed by atoms with Gasteiger partial charge in [0.15, 0.2) is 0 Å². The minimum Gasteiger partial charge on any atom is -0.507 e. The molecule has 6 rings (SSSR count). The molecule has 0 spiro atoms. The van der Waals surface area contributed by atoms with Crippen LogP contribution in [0.25, 0.3) is 21.5 Å². The van der Waals surface area contributed by atoms with Crippen LogP contribution in [0.1, 0.15) is 11.1 Å². The Balaban J connectivity index is 1.48. The van der Waals surface area contributed by atoms with Crippen LogP contribution < -0.4 is 0 Å². The van der Waals surface area contributed by atoms with Gasteiger partial charge in [-0.2, -0.15) is 0 Å². The van der Waals surface area contributed by atoms with Gasteiger partial charge < -0.3 is 10.2 Å². The molecule has 0 aliphatic carbocycles. The Bertz CT molecular complexity index is 1290. The average molecular weight is 400 g/mol. The monoisotopic (exact) mass is 400 g/mol. The van der Waals surface area contributed by atoms with E-state index in [0.717, 1.165) is 52.6 Å². The Morgan fingerprint density at radius 1 is 0.571 bits per heavy atom. The fourth-order valence-electron chi connectivity index (χ4n) is 3.80. The zero-order valence-corrected chi connectivity index (χ0v) is 16.0. The number of hydrogen-bond donors (Lipinski definition) is 2. The minimum atomic E-state index is 0.280. The number of thioether (sulfide) groups is 2. The summed E-state index contributed by atoms with van der Waals surface area (Å²) in [5, 5.41) is 34.8. The number of aromatic hydroxyl groups is 2. The second-order valence-electron chi connectivity index (χ2n) is 6.64. The standard InChI is InChI=1S/C22H12N2O2S2/c25-15-9-7-13-19-11(15)3-1-5-17(19)27-21(13)23-24-22-14-8-10-16(26)12-4-2-6-18(28-22)20(12)14/h1-10,25-26H/b23-21-,24-22-. The first-order valence-electron chi connectivity index (χ1n) is 8.72. The van der Waals surface area contributed by atoms with Crippen molar-refractivity contribution in [2.75, 3.05) is 0 Å². The van der Waals surface area contributed by atoms with E-state index in [4.69, 9.17) is 0 Å². The maximum Gasteiger partial charge on any atom is 0.131 e. The summed E-state index contributed by atoms with van der Waals surface area (Å²) in [4.78, 5) is 2.16. The van der Waals surface area contributed by atoms with E-state index in [1.54, 1.807) is 35.7 Å². The summed E-state index contributed by atoms with van der Waals surface area (Å²) in [6, 6.07) is 19.0. The zero-order valence-electron chi connectivity index (χ0n) is 14.4. The fourth-order valence-corrected chi connectivity index (χ4v) is 5.88. The SMILES string of the molecule is Oc1ccc2c3c(cccc13)S/C2=N\N=C1/Sc2cccc3c(O)ccc1c23. The Morgan fingerprint density at radius 2 is 1.04 bits per heavy atom. The molecule has 2 heterocycles. The molecule has 4 nitrogen and oxygen atoms in total. The first-order chi connectivity index (χ1) is 13.7. The van der Waals surface area contributed by atoms with Gasteiger partial charge in [0.1, 0.15) is 21.6 Å². The molecule has 0 bridgehead atoms. The molecule has 2 aliphatic heterocycles. The van der Waals surface area contributed by atoms with E-state index in [1.165, 1.54) is 0 Å². The van der Waals surface area contributed by atoms with Crippen LogP contribution in [0.4, 0.5) is 0 Å². The third kappa shape index (κ3) is 2.16. The highest BCUT2D eigenvalue weighted by Crippen LogP contribution is 2.45. The Hall–Kier alpha value is -2.96. The van der Waals surface area contributed by atoms with Crippen molar-refractivity contribution in [2.45, 2.75) is 9.79 Å². The van der Waals surface area contributed by atoms with E-state index in [9.17, 15) is 10.2 Å². The van der Waals surface area contributed by atoms with E-state index in [0.29, 0.717) is 0 Å². The van der Waals surface area contributed by atoms with Gasteiger partial charge in [-0.1, -0.05) is 47.8 Å². The van der Waals surface area contributed by atoms with Gasteiger partial charge in [-0.15, -0.1) is 10.2 Å². The molecule has 0 fully saturated rings. The molecule has 0 amide bonds. The van der Waals surface area contributed by atoms with Gasteiger partial charge >= 0.3 is 0 Å². The second-order valence-corrected chi connectivity index (χ2v) is 8.70. The molecule has 28 heavy (non-hydrogen) atoms. The highest BCUT2D eigenvalue weighted by Gasteiger charge is 2.25. The van der Waals surface area contributed by atoms with Crippen LogP contribution in [-0.2, 0) is 0 Å². The summed E-state index contributed by atoms with van der Waals surface area (Å²) >= 11 is 3.14. The van der Waals surface area contributed by atoms with Crippen LogP contribution in [-0.4, -0.2) is 20.3 Å². The minimum absolute atomic E-state index is 0.280. The molecule has 2 N–H and O–H groups in total. The second kappa shape index (κ2) is 5.77. The van der Waals surface area contributed by atoms with E-state index >= 15 is 0 Å². The number of rotatable bonds is 1. The van der Waals surface area contributed by atoms with Crippen molar-refractivity contribution in [1.82, 2.24) is 0 Å². The summed E-state index contributed by atoms with van der Waals surface area (Å²) in [6.07, 6.45) is 0. The third-order valence-corrected chi connectivity index (χ3v) is 7.17. The van der Waals surface area contributed by atoms with Gasteiger partial charge in [-0.05, 0) is 36.4 Å². The van der Waals surface area contributed by atoms with Crippen LogP contribution in [0.3, 0.4) is 0 Å². The van der Waals surface area contributed by atoms with Crippen molar-refractivity contribution >= 4 is 55.2 Å². The molecule has 0 aromatic heterocycles. The van der Waals surface area contributed by atoms with Crippen molar-refractivity contribution in [3.8, 4) is 11.5 Å². The Kier molecular flexibility index (Phi) is 3.30. The van der Waals surface area contributed by atoms with E-state index in [1.807, 2.05) is 48.5 Å². The number of nitrogens with zero attached hydrogens (tertiary/aromatic N) is 2. The number of phenols is 2. The smallest absolute Gasteiger partial charge is 0.131 e. The quantitative estimate of drug-likeness (QED) is 0.401. The highest BCUT2D eigenvalue weighted by atomic mass is 32.2. The predicted octanol–water partition coefficient (Wildman–Crippen LogP) is 5.72. The molecule has 0 saturated carbocycles. The van der Waals surface area contributed by atoms with Crippen molar-refractivity contribution in [1.29, 1.82) is 0 Å². The van der Waals surface area contributed by atoms with Crippen LogP contribution >= 0.6 is 23.5 Å². The maximum absolute atomic E-state index is 10.1. The molecule has 2 aliphatic rings. The van der Waals surface area contributed by atoms with Crippen molar-refractivity contribution in [3.05, 3.63) is 71.8 Å². The van der Waals surface area contributed by atoms with Gasteiger partial charge in [-0.25, -0.2) is 0 Å². The summed E-state index contributed by atoms with van der Waals surface area (Å²) in [5.74, 6) is 0.559. The molecular weight excluding hydrogens is 388 g/mol. The molecule has 0 saturated heterocycles. The third-order valence-electron chi connectivity index (χ3n) is 5.06. The predicted molar refractivity (Wildman–Crippen MR) is 116 cm³/mol. The summed E-state index contributed by atoms with van der Waals surface area (Å²) in [7, 11) is 0. The summed E-state index contributed by atoms with van der Waals surface area (Å²) in [6.45, 7) is 0. The van der Waals surface area contributed by atoms with Crippen molar-refractivity contribution < 1.29 is 10.2 Å². The molecule has 0 atom stereocenters. The fraction of sp³-hybridized carbons (Fsp3) is 0. The molecular formula is C22H12N2O2S2. The average Bonchev–Trinajstić information content (AvgIpc) is 3.25. The van der Waals surface area contributed by atoms with Crippen molar-refractivity contribution in [2.24, 2.45) is 10.2 Å². The van der Waals surface area contributed by atoms with E-state index < -0.39 is 0 Å². The number of phenolic OH excluding ortho intramolecular Hbond substituents is 2. The summed E-state index contributed by atoms with van der Waals surface area (Å²) < 4.78 is 0. The topological polar surface area (TPSA) is 65.2 Å². The molecule has 4 aromatic carbocycles. The van der Waals surface area contributed by atoms with E-state index in [-0.39, 0.29) is 11.5 Å². The van der Waals surface area contributed by atoms with E-state index in [2.05, 4.69) is 10.2 Å². The first-order valence-corrected chi connectivity index (χ1v) is 10.4. The lowest BCUT2D eigenvalue weighted by atomic mass is 10.0. The molecule has 0 unspecified atom stereocenters. The Labute approximate surface area is 168 Å². The van der Waals surface area contributed by atoms with Crippen LogP contribution in [0.5, 0.6) is 11.5 Å². The number of benzene rings is 4. The maximum atomic E-state index is 10.1. The van der Waals surface area contributed by atoms with Crippen molar-refractivity contribution in [3.63, 3.8) is 0 Å². The van der Waals surface area contributed by atoms with Gasteiger partial charge in [0.05, 0.1) is 0 Å². The highest BCUT2D eigenvalue weighted by molar-refractivity contribution is 8.15. The zero-order chi connectivity index (χ0) is 18.8. The largest absolute Gasteiger partial charge is 0.507 e. The lowest BCUT2D eigenvalue weighted by molar-refractivity contribution is 0.481. The van der Waals surface area contributed by atoms with Gasteiger partial charge in [-0.3, -0.25) is 0 Å².